The van der Waals surface area contributed by atoms with E-state index in [0.717, 1.165) is 25.0 Å². The van der Waals surface area contributed by atoms with Gasteiger partial charge in [-0.25, -0.2) is 17.8 Å². The van der Waals surface area contributed by atoms with Gasteiger partial charge < -0.3 is 14.4 Å². The van der Waals surface area contributed by atoms with Gasteiger partial charge in [-0.05, 0) is 24.6 Å². The monoisotopic (exact) mass is 446 g/mol. The van der Waals surface area contributed by atoms with Gasteiger partial charge in [-0.15, -0.1) is 0 Å². The van der Waals surface area contributed by atoms with Crippen molar-refractivity contribution in [2.45, 2.75) is 13.3 Å². The molecule has 0 saturated carbocycles. The van der Waals surface area contributed by atoms with Crippen LogP contribution in [-0.4, -0.2) is 50.4 Å². The van der Waals surface area contributed by atoms with Crippen molar-refractivity contribution in [3.63, 3.8) is 0 Å². The van der Waals surface area contributed by atoms with Crippen LogP contribution in [0.25, 0.3) is 11.0 Å². The first-order valence-corrected chi connectivity index (χ1v) is 11.7. The Balaban J connectivity index is 1.57. The highest BCUT2D eigenvalue weighted by atomic mass is 32.2. The largest absolute Gasteiger partial charge is 0.457 e. The molecule has 1 N–H and O–H groups in total. The molecule has 4 rings (SSSR count). The number of fused-ring (bicyclic) bond motifs is 1. The highest BCUT2D eigenvalue weighted by Crippen LogP contribution is 2.28. The minimum absolute atomic E-state index is 0.0471. The van der Waals surface area contributed by atoms with E-state index in [-0.39, 0.29) is 17.2 Å². The molecule has 1 fully saturated rings. The van der Waals surface area contributed by atoms with Gasteiger partial charge in [0, 0.05) is 31.3 Å². The van der Waals surface area contributed by atoms with Gasteiger partial charge in [-0.1, -0.05) is 6.92 Å². The predicted molar refractivity (Wildman–Crippen MR) is 117 cm³/mol. The van der Waals surface area contributed by atoms with Crippen LogP contribution in [0, 0.1) is 5.82 Å². The summed E-state index contributed by atoms with van der Waals surface area (Å²) in [7, 11) is -3.54. The summed E-state index contributed by atoms with van der Waals surface area (Å²) in [4.78, 5) is 11.2. The Morgan fingerprint density at radius 2 is 1.94 bits per heavy atom. The van der Waals surface area contributed by atoms with Crippen LogP contribution in [0.3, 0.4) is 0 Å². The first-order chi connectivity index (χ1) is 14.9. The van der Waals surface area contributed by atoms with Crippen molar-refractivity contribution in [3.05, 3.63) is 48.4 Å². The third-order valence-electron chi connectivity index (χ3n) is 4.69. The summed E-state index contributed by atoms with van der Waals surface area (Å²) in [5.74, 6) is 0.710. The van der Waals surface area contributed by atoms with Crippen LogP contribution in [-0.2, 0) is 14.8 Å². The summed E-state index contributed by atoms with van der Waals surface area (Å²) in [6.07, 6.45) is 2.19. The van der Waals surface area contributed by atoms with Crippen LogP contribution in [0.15, 0.2) is 42.6 Å². The standard InChI is InChI=1S/C21H23FN4O4S/c1-2-9-31(27,28)25-16-10-15(22)11-18(12-16)30-17-3-4-19-20(13-17)24-21(14-23-19)26-5-7-29-8-6-26/h3-4,10-14,25H,2,5-9H2,1H3. The Morgan fingerprint density at radius 1 is 1.13 bits per heavy atom. The van der Waals surface area contributed by atoms with E-state index in [2.05, 4.69) is 19.6 Å². The van der Waals surface area contributed by atoms with E-state index in [1.54, 1.807) is 31.3 Å². The van der Waals surface area contributed by atoms with Gasteiger partial charge in [0.1, 0.15) is 23.1 Å². The van der Waals surface area contributed by atoms with E-state index >= 15 is 0 Å². The Kier molecular flexibility index (Phi) is 6.19. The molecule has 0 spiro atoms. The lowest BCUT2D eigenvalue weighted by Crippen LogP contribution is -2.36. The second-order valence-corrected chi connectivity index (χ2v) is 9.02. The summed E-state index contributed by atoms with van der Waals surface area (Å²) in [6.45, 7) is 4.54. The van der Waals surface area contributed by atoms with Gasteiger partial charge >= 0.3 is 0 Å². The quantitative estimate of drug-likeness (QED) is 0.593. The number of nitrogens with zero attached hydrogens (tertiary/aromatic N) is 3. The number of anilines is 2. The molecule has 2 heterocycles. The number of hydrogen-bond acceptors (Lipinski definition) is 7. The number of sulfonamides is 1. The maximum absolute atomic E-state index is 14.1. The zero-order valence-electron chi connectivity index (χ0n) is 17.0. The van der Waals surface area contributed by atoms with Gasteiger partial charge in [-0.3, -0.25) is 9.71 Å². The highest BCUT2D eigenvalue weighted by molar-refractivity contribution is 7.92. The van der Waals surface area contributed by atoms with E-state index in [0.29, 0.717) is 36.4 Å². The molecule has 0 amide bonds. The molecule has 31 heavy (non-hydrogen) atoms. The van der Waals surface area contributed by atoms with Crippen molar-refractivity contribution in [1.29, 1.82) is 0 Å². The van der Waals surface area contributed by atoms with Crippen molar-refractivity contribution < 1.29 is 22.3 Å². The van der Waals surface area contributed by atoms with Crippen LogP contribution in [0.4, 0.5) is 15.9 Å². The molecular weight excluding hydrogens is 423 g/mol. The molecular formula is C21H23FN4O4S. The fourth-order valence-electron chi connectivity index (χ4n) is 3.31. The van der Waals surface area contributed by atoms with Crippen molar-refractivity contribution in [2.24, 2.45) is 0 Å². The molecule has 0 unspecified atom stereocenters. The molecule has 1 aromatic heterocycles. The Bertz CT molecular complexity index is 1180. The topological polar surface area (TPSA) is 93.7 Å². The fourth-order valence-corrected chi connectivity index (χ4v) is 4.42. The number of hydrogen-bond donors (Lipinski definition) is 1. The van der Waals surface area contributed by atoms with Gasteiger partial charge in [0.05, 0.1) is 41.9 Å². The minimum atomic E-state index is -3.54. The third kappa shape index (κ3) is 5.39. The normalized spacial score (nSPS) is 14.6. The lowest BCUT2D eigenvalue weighted by molar-refractivity contribution is 0.122. The molecule has 0 bridgehead atoms. The summed E-state index contributed by atoms with van der Waals surface area (Å²) >= 11 is 0. The molecule has 2 aromatic carbocycles. The Hall–Kier alpha value is -2.98. The van der Waals surface area contributed by atoms with Gasteiger partial charge in [0.15, 0.2) is 0 Å². The fraction of sp³-hybridized carbons (Fsp3) is 0.333. The molecule has 0 atom stereocenters. The van der Waals surface area contributed by atoms with Gasteiger partial charge in [-0.2, -0.15) is 0 Å². The van der Waals surface area contributed by atoms with E-state index < -0.39 is 15.8 Å². The summed E-state index contributed by atoms with van der Waals surface area (Å²) < 4.78 is 51.6. The molecule has 1 aliphatic rings. The number of halogens is 1. The van der Waals surface area contributed by atoms with Crippen LogP contribution in [0.2, 0.25) is 0 Å². The van der Waals surface area contributed by atoms with E-state index in [1.165, 1.54) is 12.1 Å². The zero-order valence-corrected chi connectivity index (χ0v) is 17.9. The number of nitrogens with one attached hydrogen (secondary N) is 1. The molecule has 0 aliphatic carbocycles. The Morgan fingerprint density at radius 3 is 2.71 bits per heavy atom. The first-order valence-electron chi connectivity index (χ1n) is 10.0. The van der Waals surface area contributed by atoms with Gasteiger partial charge in [0.2, 0.25) is 10.0 Å². The Labute approximate surface area is 180 Å². The zero-order chi connectivity index (χ0) is 21.8. The van der Waals surface area contributed by atoms with Crippen LogP contribution >= 0.6 is 0 Å². The number of morpholine rings is 1. The number of benzene rings is 2. The lowest BCUT2D eigenvalue weighted by atomic mass is 10.2. The second-order valence-electron chi connectivity index (χ2n) is 7.18. The van der Waals surface area contributed by atoms with E-state index in [1.807, 2.05) is 0 Å². The molecule has 8 nitrogen and oxygen atoms in total. The van der Waals surface area contributed by atoms with Crippen LogP contribution in [0.5, 0.6) is 11.5 Å². The van der Waals surface area contributed by atoms with Crippen molar-refractivity contribution >= 4 is 32.6 Å². The molecule has 1 saturated heterocycles. The maximum atomic E-state index is 14.1. The summed E-state index contributed by atoms with van der Waals surface area (Å²) in [5.41, 5.74) is 1.46. The average Bonchev–Trinajstić information content (AvgIpc) is 2.73. The highest BCUT2D eigenvalue weighted by Gasteiger charge is 2.14. The van der Waals surface area contributed by atoms with E-state index in [4.69, 9.17) is 9.47 Å². The number of ether oxygens (including phenoxy) is 2. The smallest absolute Gasteiger partial charge is 0.232 e. The maximum Gasteiger partial charge on any atom is 0.232 e. The van der Waals surface area contributed by atoms with Crippen LogP contribution < -0.4 is 14.4 Å². The number of aromatic nitrogens is 2. The molecule has 0 radical (unpaired) electrons. The predicted octanol–water partition coefficient (Wildman–Crippen LogP) is 3.55. The molecule has 10 heteroatoms. The first kappa shape index (κ1) is 21.3. The third-order valence-corrected chi connectivity index (χ3v) is 6.18. The average molecular weight is 447 g/mol. The van der Waals surface area contributed by atoms with Crippen molar-refractivity contribution in [1.82, 2.24) is 9.97 Å². The van der Waals surface area contributed by atoms with Crippen molar-refractivity contribution in [3.8, 4) is 11.5 Å². The summed E-state index contributed by atoms with van der Waals surface area (Å²) in [6, 6.07) is 8.94. The SMILES string of the molecule is CCCS(=O)(=O)Nc1cc(F)cc(Oc2ccc3ncc(N4CCOCC4)nc3c2)c1. The summed E-state index contributed by atoms with van der Waals surface area (Å²) in [5, 5.41) is 0. The number of rotatable bonds is 7. The molecule has 164 valence electrons. The van der Waals surface area contributed by atoms with E-state index in [9.17, 15) is 12.8 Å². The minimum Gasteiger partial charge on any atom is -0.457 e. The van der Waals surface area contributed by atoms with Crippen molar-refractivity contribution in [2.75, 3.05) is 41.7 Å². The second kappa shape index (κ2) is 9.03. The van der Waals surface area contributed by atoms with Crippen LogP contribution in [0.1, 0.15) is 13.3 Å². The lowest BCUT2D eigenvalue weighted by Gasteiger charge is -2.27. The molecule has 1 aliphatic heterocycles. The van der Waals surface area contributed by atoms with Gasteiger partial charge in [0.25, 0.3) is 0 Å². The molecule has 3 aromatic rings.